The molecule has 1 aliphatic heterocycles. The van der Waals surface area contributed by atoms with Crippen molar-refractivity contribution in [1.29, 1.82) is 0 Å². The van der Waals surface area contributed by atoms with Gasteiger partial charge in [-0.1, -0.05) is 83.9 Å². The highest BCUT2D eigenvalue weighted by molar-refractivity contribution is 6.46. The van der Waals surface area contributed by atoms with Crippen molar-refractivity contribution < 1.29 is 9.59 Å². The Morgan fingerprint density at radius 3 is 2.09 bits per heavy atom. The fraction of sp³-hybridized carbons (Fsp3) is 0.0370. The van der Waals surface area contributed by atoms with Crippen molar-refractivity contribution in [3.8, 4) is 11.1 Å². The maximum Gasteiger partial charge on any atom is 0.260 e. The SMILES string of the molecule is O=C(Nc1ccccc1)c1ccc(C(=O)N2Cc3ccccc3-c3ccccc32)c(Cl)c1Cl. The van der Waals surface area contributed by atoms with Gasteiger partial charge in [0.1, 0.15) is 0 Å². The number of fused-ring (bicyclic) bond motifs is 3. The summed E-state index contributed by atoms with van der Waals surface area (Å²) in [6, 6.07) is 27.9. The fourth-order valence-electron chi connectivity index (χ4n) is 4.05. The number of benzene rings is 4. The van der Waals surface area contributed by atoms with Crippen LogP contribution in [0.2, 0.25) is 10.0 Å². The Balaban J connectivity index is 1.49. The molecule has 0 saturated heterocycles. The van der Waals surface area contributed by atoms with Crippen molar-refractivity contribution in [1.82, 2.24) is 0 Å². The van der Waals surface area contributed by atoms with E-state index in [1.165, 1.54) is 6.07 Å². The highest BCUT2D eigenvalue weighted by Crippen LogP contribution is 2.40. The van der Waals surface area contributed by atoms with Crippen LogP contribution in [0, 0.1) is 0 Å². The lowest BCUT2D eigenvalue weighted by Gasteiger charge is -2.31. The molecule has 0 saturated carbocycles. The lowest BCUT2D eigenvalue weighted by atomic mass is 9.93. The summed E-state index contributed by atoms with van der Waals surface area (Å²) in [6.45, 7) is 0.413. The van der Waals surface area contributed by atoms with E-state index in [0.717, 1.165) is 22.4 Å². The Morgan fingerprint density at radius 1 is 0.697 bits per heavy atom. The van der Waals surface area contributed by atoms with Gasteiger partial charge in [-0.2, -0.15) is 0 Å². The first kappa shape index (κ1) is 21.3. The number of rotatable bonds is 3. The first-order chi connectivity index (χ1) is 16.0. The van der Waals surface area contributed by atoms with E-state index in [9.17, 15) is 9.59 Å². The molecular formula is C27H18Cl2N2O2. The van der Waals surface area contributed by atoms with E-state index in [1.807, 2.05) is 60.7 Å². The molecule has 0 unspecified atom stereocenters. The zero-order valence-electron chi connectivity index (χ0n) is 17.4. The van der Waals surface area contributed by atoms with Crippen LogP contribution in [-0.2, 0) is 6.54 Å². The number of hydrogen-bond donors (Lipinski definition) is 1. The maximum atomic E-state index is 13.6. The van der Waals surface area contributed by atoms with Gasteiger partial charge in [0.05, 0.1) is 33.4 Å². The lowest BCUT2D eigenvalue weighted by molar-refractivity contribution is 0.0982. The van der Waals surface area contributed by atoms with Gasteiger partial charge in [0.15, 0.2) is 0 Å². The number of para-hydroxylation sites is 2. The number of halogens is 2. The third-order valence-electron chi connectivity index (χ3n) is 5.66. The number of amides is 2. The minimum atomic E-state index is -0.399. The molecule has 0 spiro atoms. The minimum absolute atomic E-state index is 0.0432. The number of nitrogens with one attached hydrogen (secondary N) is 1. The summed E-state index contributed by atoms with van der Waals surface area (Å²) in [6.07, 6.45) is 0. The second kappa shape index (κ2) is 8.74. The molecule has 1 aliphatic rings. The Bertz CT molecular complexity index is 1390. The normalized spacial score (nSPS) is 12.0. The van der Waals surface area contributed by atoms with Crippen molar-refractivity contribution in [2.75, 3.05) is 10.2 Å². The third kappa shape index (κ3) is 3.88. The van der Waals surface area contributed by atoms with Crippen LogP contribution >= 0.6 is 23.2 Å². The molecule has 6 heteroatoms. The van der Waals surface area contributed by atoms with E-state index >= 15 is 0 Å². The van der Waals surface area contributed by atoms with Crippen molar-refractivity contribution in [3.05, 3.63) is 118 Å². The van der Waals surface area contributed by atoms with Crippen LogP contribution in [0.15, 0.2) is 91.0 Å². The van der Waals surface area contributed by atoms with Gasteiger partial charge in [-0.3, -0.25) is 9.59 Å². The Kier molecular flexibility index (Phi) is 5.63. The predicted molar refractivity (Wildman–Crippen MR) is 133 cm³/mol. The van der Waals surface area contributed by atoms with Crippen molar-refractivity contribution in [3.63, 3.8) is 0 Å². The highest BCUT2D eigenvalue weighted by atomic mass is 35.5. The molecule has 33 heavy (non-hydrogen) atoms. The number of nitrogens with zero attached hydrogens (tertiary/aromatic N) is 1. The summed E-state index contributed by atoms with van der Waals surface area (Å²) in [4.78, 5) is 28.0. The zero-order valence-corrected chi connectivity index (χ0v) is 18.9. The molecule has 0 aromatic heterocycles. The molecule has 1 N–H and O–H groups in total. The Hall–Kier alpha value is -3.60. The molecule has 0 bridgehead atoms. The van der Waals surface area contributed by atoms with Gasteiger partial charge < -0.3 is 10.2 Å². The van der Waals surface area contributed by atoms with Crippen LogP contribution in [0.5, 0.6) is 0 Å². The van der Waals surface area contributed by atoms with Gasteiger partial charge in [0, 0.05) is 11.3 Å². The molecule has 0 atom stereocenters. The van der Waals surface area contributed by atoms with Gasteiger partial charge in [-0.25, -0.2) is 0 Å². The maximum absolute atomic E-state index is 13.6. The smallest absolute Gasteiger partial charge is 0.260 e. The predicted octanol–water partition coefficient (Wildman–Crippen LogP) is 7.07. The monoisotopic (exact) mass is 472 g/mol. The number of hydrogen-bond acceptors (Lipinski definition) is 2. The highest BCUT2D eigenvalue weighted by Gasteiger charge is 2.29. The first-order valence-electron chi connectivity index (χ1n) is 10.4. The molecular weight excluding hydrogens is 455 g/mol. The van der Waals surface area contributed by atoms with Crippen LogP contribution in [0.25, 0.3) is 11.1 Å². The van der Waals surface area contributed by atoms with Crippen LogP contribution < -0.4 is 10.2 Å². The number of carbonyl (C=O) groups excluding carboxylic acids is 2. The molecule has 0 aliphatic carbocycles. The van der Waals surface area contributed by atoms with Crippen LogP contribution in [-0.4, -0.2) is 11.8 Å². The summed E-state index contributed by atoms with van der Waals surface area (Å²) in [5.41, 5.74) is 5.02. The topological polar surface area (TPSA) is 49.4 Å². The quantitative estimate of drug-likeness (QED) is 0.346. The van der Waals surface area contributed by atoms with E-state index in [2.05, 4.69) is 11.4 Å². The average Bonchev–Trinajstić information content (AvgIpc) is 2.85. The molecule has 162 valence electrons. The van der Waals surface area contributed by atoms with Gasteiger partial charge in [-0.05, 0) is 41.5 Å². The van der Waals surface area contributed by atoms with Crippen LogP contribution in [0.4, 0.5) is 11.4 Å². The van der Waals surface area contributed by atoms with E-state index in [-0.39, 0.29) is 27.1 Å². The third-order valence-corrected chi connectivity index (χ3v) is 6.55. The molecule has 2 amide bonds. The fourth-order valence-corrected chi connectivity index (χ4v) is 4.55. The molecule has 4 nitrogen and oxygen atoms in total. The van der Waals surface area contributed by atoms with Crippen molar-refractivity contribution >= 4 is 46.4 Å². The van der Waals surface area contributed by atoms with Gasteiger partial charge >= 0.3 is 0 Å². The summed E-state index contributed by atoms with van der Waals surface area (Å²) in [5, 5.41) is 2.88. The number of anilines is 2. The van der Waals surface area contributed by atoms with Gasteiger partial charge in [0.25, 0.3) is 11.8 Å². The summed E-state index contributed by atoms with van der Waals surface area (Å²) in [7, 11) is 0. The second-order valence-electron chi connectivity index (χ2n) is 7.67. The minimum Gasteiger partial charge on any atom is -0.322 e. The van der Waals surface area contributed by atoms with Gasteiger partial charge in [-0.15, -0.1) is 0 Å². The molecule has 5 rings (SSSR count). The Morgan fingerprint density at radius 2 is 1.30 bits per heavy atom. The standard InChI is InChI=1S/C27H18Cl2N2O2/c28-24-21(26(32)30-18-9-2-1-3-10-18)14-15-22(25(24)29)27(33)31-16-17-8-4-5-11-19(17)20-12-6-7-13-23(20)31/h1-15H,16H2,(H,30,32). The average molecular weight is 473 g/mol. The largest absolute Gasteiger partial charge is 0.322 e. The first-order valence-corrected chi connectivity index (χ1v) is 11.1. The van der Waals surface area contributed by atoms with Gasteiger partial charge in [0.2, 0.25) is 0 Å². The lowest BCUT2D eigenvalue weighted by Crippen LogP contribution is -2.33. The van der Waals surface area contributed by atoms with E-state index in [1.54, 1.807) is 23.1 Å². The molecule has 0 radical (unpaired) electrons. The van der Waals surface area contributed by atoms with E-state index in [4.69, 9.17) is 23.2 Å². The summed E-state index contributed by atoms with van der Waals surface area (Å²) in [5.74, 6) is -0.678. The van der Waals surface area contributed by atoms with Crippen LogP contribution in [0.3, 0.4) is 0 Å². The zero-order chi connectivity index (χ0) is 22.9. The second-order valence-corrected chi connectivity index (χ2v) is 8.43. The summed E-state index contributed by atoms with van der Waals surface area (Å²) >= 11 is 13.0. The molecule has 4 aromatic carbocycles. The summed E-state index contributed by atoms with van der Waals surface area (Å²) < 4.78 is 0. The van der Waals surface area contributed by atoms with Crippen LogP contribution in [0.1, 0.15) is 26.3 Å². The molecule has 0 fully saturated rings. The van der Waals surface area contributed by atoms with Crippen molar-refractivity contribution in [2.45, 2.75) is 6.54 Å². The Labute approximate surface area is 201 Å². The number of carbonyl (C=O) groups is 2. The van der Waals surface area contributed by atoms with Crippen molar-refractivity contribution in [2.24, 2.45) is 0 Å². The van der Waals surface area contributed by atoms with E-state index < -0.39 is 5.91 Å². The molecule has 4 aromatic rings. The molecule has 1 heterocycles. The van der Waals surface area contributed by atoms with E-state index in [0.29, 0.717) is 12.2 Å².